The number of thioether (sulfide) groups is 1. The molecule has 3 heterocycles. The minimum absolute atomic E-state index is 0.0973. The van der Waals surface area contributed by atoms with E-state index in [1.165, 1.54) is 27.7 Å². The average molecular weight is 364 g/mol. The van der Waals surface area contributed by atoms with Gasteiger partial charge < -0.3 is 9.84 Å². The number of carbonyl (C=O) groups is 1. The lowest BCUT2D eigenvalue weighted by Gasteiger charge is -2.14. The van der Waals surface area contributed by atoms with Crippen molar-refractivity contribution in [2.24, 2.45) is 7.05 Å². The van der Waals surface area contributed by atoms with Gasteiger partial charge in [-0.1, -0.05) is 23.8 Å². The van der Waals surface area contributed by atoms with Crippen molar-refractivity contribution in [3.63, 3.8) is 0 Å². The van der Waals surface area contributed by atoms with E-state index in [0.29, 0.717) is 33.4 Å². The Morgan fingerprint density at radius 1 is 1.54 bits per heavy atom. The number of fused-ring (bicyclic) bond motifs is 1. The fraction of sp³-hybridized carbons (Fsp3) is 0.333. The lowest BCUT2D eigenvalue weighted by molar-refractivity contribution is -0.115. The van der Waals surface area contributed by atoms with E-state index in [0.717, 1.165) is 0 Å². The molecule has 9 heteroatoms. The molecule has 3 rings (SSSR count). The molecule has 1 amide bonds. The SMILES string of the molecule is CC[C@H](Sc1nc2ccsc2c(=O)n1C)C(=O)Nc1cc(C)on1. The molecular weight excluding hydrogens is 348 g/mol. The number of rotatable bonds is 5. The van der Waals surface area contributed by atoms with E-state index in [1.807, 2.05) is 18.4 Å². The van der Waals surface area contributed by atoms with E-state index in [2.05, 4.69) is 15.5 Å². The van der Waals surface area contributed by atoms with Crippen LogP contribution in [0.1, 0.15) is 19.1 Å². The molecule has 0 radical (unpaired) electrons. The van der Waals surface area contributed by atoms with Crippen LogP contribution >= 0.6 is 23.1 Å². The summed E-state index contributed by atoms with van der Waals surface area (Å²) < 4.78 is 7.05. The van der Waals surface area contributed by atoms with Gasteiger partial charge in [0.25, 0.3) is 5.56 Å². The van der Waals surface area contributed by atoms with Crippen LogP contribution in [0.2, 0.25) is 0 Å². The Morgan fingerprint density at radius 2 is 2.33 bits per heavy atom. The summed E-state index contributed by atoms with van der Waals surface area (Å²) in [7, 11) is 1.67. The number of amides is 1. The normalized spacial score (nSPS) is 12.5. The predicted molar refractivity (Wildman–Crippen MR) is 94.7 cm³/mol. The molecule has 0 saturated heterocycles. The van der Waals surface area contributed by atoms with Gasteiger partial charge in [-0.2, -0.15) is 0 Å². The molecular formula is C15H16N4O3S2. The van der Waals surface area contributed by atoms with E-state index in [-0.39, 0.29) is 11.5 Å². The fourth-order valence-corrected chi connectivity index (χ4v) is 3.94. The van der Waals surface area contributed by atoms with Crippen molar-refractivity contribution >= 4 is 45.0 Å². The average Bonchev–Trinajstić information content (AvgIpc) is 3.18. The second-order valence-corrected chi connectivity index (χ2v) is 7.31. The maximum Gasteiger partial charge on any atom is 0.271 e. The van der Waals surface area contributed by atoms with Crippen molar-refractivity contribution in [3.8, 4) is 0 Å². The molecule has 3 aromatic rings. The van der Waals surface area contributed by atoms with Gasteiger partial charge in [0, 0.05) is 13.1 Å². The Hall–Kier alpha value is -2.13. The van der Waals surface area contributed by atoms with E-state index in [4.69, 9.17) is 4.52 Å². The molecule has 0 spiro atoms. The third-order valence-corrected chi connectivity index (χ3v) is 5.74. The van der Waals surface area contributed by atoms with Crippen LogP contribution in [0.15, 0.2) is 32.0 Å². The molecule has 0 aliphatic rings. The van der Waals surface area contributed by atoms with Crippen LogP contribution in [0.4, 0.5) is 5.82 Å². The quantitative estimate of drug-likeness (QED) is 0.553. The summed E-state index contributed by atoms with van der Waals surface area (Å²) in [6, 6.07) is 3.46. The first kappa shape index (κ1) is 16.7. The van der Waals surface area contributed by atoms with Crippen LogP contribution in [0.5, 0.6) is 0 Å². The largest absolute Gasteiger partial charge is 0.360 e. The molecule has 126 valence electrons. The second kappa shape index (κ2) is 6.78. The van der Waals surface area contributed by atoms with E-state index < -0.39 is 5.25 Å². The molecule has 1 N–H and O–H groups in total. The number of hydrogen-bond acceptors (Lipinski definition) is 7. The van der Waals surface area contributed by atoms with Crippen LogP contribution < -0.4 is 10.9 Å². The monoisotopic (exact) mass is 364 g/mol. The molecule has 7 nitrogen and oxygen atoms in total. The Kier molecular flexibility index (Phi) is 4.72. The maximum atomic E-state index is 12.4. The maximum absolute atomic E-state index is 12.4. The molecule has 0 aliphatic heterocycles. The standard InChI is InChI=1S/C15H16N4O3S2/c1-4-10(13(20)17-11-7-8(2)22-18-11)24-15-16-9-5-6-23-12(9)14(21)19(15)3/h5-7,10H,4H2,1-3H3,(H,17,18,20)/t10-/m0/s1. The zero-order chi connectivity index (χ0) is 17.3. The second-order valence-electron chi connectivity index (χ2n) is 5.22. The van der Waals surface area contributed by atoms with Crippen molar-refractivity contribution in [2.75, 3.05) is 5.32 Å². The zero-order valence-electron chi connectivity index (χ0n) is 13.4. The molecule has 0 unspecified atom stereocenters. The molecule has 0 aliphatic carbocycles. The van der Waals surface area contributed by atoms with Crippen molar-refractivity contribution < 1.29 is 9.32 Å². The molecule has 0 saturated carbocycles. The highest BCUT2D eigenvalue weighted by Gasteiger charge is 2.22. The summed E-state index contributed by atoms with van der Waals surface area (Å²) in [6.07, 6.45) is 0.588. The van der Waals surface area contributed by atoms with E-state index in [1.54, 1.807) is 20.0 Å². The number of aromatic nitrogens is 3. The number of nitrogens with zero attached hydrogens (tertiary/aromatic N) is 3. The van der Waals surface area contributed by atoms with Gasteiger partial charge in [0.2, 0.25) is 5.91 Å². The summed E-state index contributed by atoms with van der Waals surface area (Å²) in [5.74, 6) is 0.806. The Bertz CT molecular complexity index is 944. The molecule has 0 bridgehead atoms. The van der Waals surface area contributed by atoms with E-state index in [9.17, 15) is 9.59 Å². The number of nitrogens with one attached hydrogen (secondary N) is 1. The lowest BCUT2D eigenvalue weighted by Crippen LogP contribution is -2.27. The molecule has 3 aromatic heterocycles. The molecule has 24 heavy (non-hydrogen) atoms. The fourth-order valence-electron chi connectivity index (χ4n) is 2.15. The van der Waals surface area contributed by atoms with Crippen molar-refractivity contribution in [1.29, 1.82) is 0 Å². The van der Waals surface area contributed by atoms with Gasteiger partial charge in [-0.05, 0) is 24.8 Å². The minimum Gasteiger partial charge on any atom is -0.360 e. The van der Waals surface area contributed by atoms with Crippen LogP contribution in [0, 0.1) is 6.92 Å². The van der Waals surface area contributed by atoms with Gasteiger partial charge in [0.15, 0.2) is 11.0 Å². The summed E-state index contributed by atoms with van der Waals surface area (Å²) in [5, 5.41) is 8.45. The summed E-state index contributed by atoms with van der Waals surface area (Å²) in [5.41, 5.74) is 0.563. The summed E-state index contributed by atoms with van der Waals surface area (Å²) in [4.78, 5) is 29.3. The highest BCUT2D eigenvalue weighted by molar-refractivity contribution is 8.00. The van der Waals surface area contributed by atoms with Gasteiger partial charge in [0.05, 0.1) is 10.8 Å². The summed E-state index contributed by atoms with van der Waals surface area (Å²) in [6.45, 7) is 3.66. The van der Waals surface area contributed by atoms with Gasteiger partial charge in [-0.3, -0.25) is 14.2 Å². The van der Waals surface area contributed by atoms with Gasteiger partial charge in [0.1, 0.15) is 10.5 Å². The topological polar surface area (TPSA) is 90.0 Å². The lowest BCUT2D eigenvalue weighted by atomic mass is 10.3. The molecule has 0 aromatic carbocycles. The van der Waals surface area contributed by atoms with Crippen molar-refractivity contribution in [3.05, 3.63) is 33.6 Å². The van der Waals surface area contributed by atoms with Gasteiger partial charge >= 0.3 is 0 Å². The van der Waals surface area contributed by atoms with Crippen LogP contribution in [-0.2, 0) is 11.8 Å². The number of aryl methyl sites for hydroxylation is 1. The van der Waals surface area contributed by atoms with Crippen LogP contribution in [-0.4, -0.2) is 25.9 Å². The van der Waals surface area contributed by atoms with E-state index >= 15 is 0 Å². The number of thiophene rings is 1. The molecule has 0 fully saturated rings. The van der Waals surface area contributed by atoms with Crippen molar-refractivity contribution in [1.82, 2.24) is 14.7 Å². The highest BCUT2D eigenvalue weighted by atomic mass is 32.2. The Balaban J connectivity index is 1.83. The van der Waals surface area contributed by atoms with Crippen LogP contribution in [0.25, 0.3) is 10.2 Å². The van der Waals surface area contributed by atoms with Crippen LogP contribution in [0.3, 0.4) is 0 Å². The number of anilines is 1. The van der Waals surface area contributed by atoms with Gasteiger partial charge in [-0.15, -0.1) is 11.3 Å². The Labute approximate surface area is 146 Å². The molecule has 1 atom stereocenters. The first-order valence-electron chi connectivity index (χ1n) is 7.34. The first-order valence-corrected chi connectivity index (χ1v) is 9.10. The summed E-state index contributed by atoms with van der Waals surface area (Å²) >= 11 is 2.64. The zero-order valence-corrected chi connectivity index (χ0v) is 15.0. The third kappa shape index (κ3) is 3.22. The Morgan fingerprint density at radius 3 is 3.00 bits per heavy atom. The van der Waals surface area contributed by atoms with Gasteiger partial charge in [-0.25, -0.2) is 4.98 Å². The van der Waals surface area contributed by atoms with Crippen molar-refractivity contribution in [2.45, 2.75) is 30.7 Å². The number of hydrogen-bond donors (Lipinski definition) is 1. The highest BCUT2D eigenvalue weighted by Crippen LogP contribution is 2.26. The smallest absolute Gasteiger partial charge is 0.271 e. The first-order chi connectivity index (χ1) is 11.5. The third-order valence-electron chi connectivity index (χ3n) is 3.44. The predicted octanol–water partition coefficient (Wildman–Crippen LogP) is 2.80. The minimum atomic E-state index is -0.392. The number of carbonyl (C=O) groups excluding carboxylic acids is 1.